The van der Waals surface area contributed by atoms with Crippen LogP contribution in [-0.4, -0.2) is 64.5 Å². The van der Waals surface area contributed by atoms with Gasteiger partial charge in [0, 0.05) is 57.8 Å². The quantitative estimate of drug-likeness (QED) is 0.221. The van der Waals surface area contributed by atoms with Crippen LogP contribution in [0.2, 0.25) is 0 Å². The molecule has 0 aliphatic carbocycles. The highest BCUT2D eigenvalue weighted by atomic mass is 16.5. The monoisotopic (exact) mass is 603 g/mol. The molecule has 44 heavy (non-hydrogen) atoms. The summed E-state index contributed by atoms with van der Waals surface area (Å²) >= 11 is 0. The Labute approximate surface area is 260 Å². The maximum Gasteiger partial charge on any atom is 0.253 e. The fourth-order valence-corrected chi connectivity index (χ4v) is 5.43. The third-order valence-corrected chi connectivity index (χ3v) is 7.49. The number of hydrogen-bond acceptors (Lipinski definition) is 7. The summed E-state index contributed by atoms with van der Waals surface area (Å²) in [7, 11) is 3.27. The SMILES string of the molecule is COCCCOc1c(OC)ccc(C(=O)NC(C)C)c1N1C[C@H](C)[C@H](OCc2cccc(-c3cccc(NC(C)=O)c3)c2)C1. The van der Waals surface area contributed by atoms with Crippen LogP contribution in [0.1, 0.15) is 50.0 Å². The number of anilines is 2. The van der Waals surface area contributed by atoms with Gasteiger partial charge in [0.05, 0.1) is 37.7 Å². The summed E-state index contributed by atoms with van der Waals surface area (Å²) in [6, 6.07) is 19.6. The molecule has 0 bridgehead atoms. The Balaban J connectivity index is 1.54. The third-order valence-electron chi connectivity index (χ3n) is 7.49. The van der Waals surface area contributed by atoms with E-state index in [0.29, 0.717) is 56.4 Å². The number of carbonyl (C=O) groups is 2. The van der Waals surface area contributed by atoms with Crippen LogP contribution in [0.3, 0.4) is 0 Å². The van der Waals surface area contributed by atoms with E-state index in [4.69, 9.17) is 18.9 Å². The Bertz CT molecular complexity index is 1430. The van der Waals surface area contributed by atoms with Crippen molar-refractivity contribution in [1.29, 1.82) is 0 Å². The zero-order valence-corrected chi connectivity index (χ0v) is 26.6. The fraction of sp³-hybridized carbons (Fsp3) is 0.429. The third kappa shape index (κ3) is 8.51. The van der Waals surface area contributed by atoms with E-state index in [1.807, 2.05) is 44.2 Å². The van der Waals surface area contributed by atoms with Gasteiger partial charge in [-0.25, -0.2) is 0 Å². The average molecular weight is 604 g/mol. The summed E-state index contributed by atoms with van der Waals surface area (Å²) in [5.74, 6) is 1.09. The molecule has 1 fully saturated rings. The van der Waals surface area contributed by atoms with Gasteiger partial charge in [0.25, 0.3) is 5.91 Å². The highest BCUT2D eigenvalue weighted by Crippen LogP contribution is 2.43. The lowest BCUT2D eigenvalue weighted by Crippen LogP contribution is -2.33. The van der Waals surface area contributed by atoms with E-state index in [2.05, 4.69) is 40.7 Å². The molecule has 3 aromatic rings. The van der Waals surface area contributed by atoms with Crippen LogP contribution in [0, 0.1) is 5.92 Å². The van der Waals surface area contributed by atoms with Gasteiger partial charge in [-0.2, -0.15) is 0 Å². The van der Waals surface area contributed by atoms with Crippen LogP contribution in [0.4, 0.5) is 11.4 Å². The van der Waals surface area contributed by atoms with E-state index < -0.39 is 0 Å². The zero-order valence-electron chi connectivity index (χ0n) is 26.6. The molecule has 1 aliphatic heterocycles. The minimum absolute atomic E-state index is 0.0132. The van der Waals surface area contributed by atoms with E-state index in [1.54, 1.807) is 26.4 Å². The van der Waals surface area contributed by atoms with Crippen molar-refractivity contribution < 1.29 is 28.5 Å². The summed E-state index contributed by atoms with van der Waals surface area (Å²) < 4.78 is 23.7. The van der Waals surface area contributed by atoms with Crippen molar-refractivity contribution in [1.82, 2.24) is 5.32 Å². The van der Waals surface area contributed by atoms with Crippen molar-refractivity contribution >= 4 is 23.2 Å². The predicted octanol–water partition coefficient (Wildman–Crippen LogP) is 5.92. The number of methoxy groups -OCH3 is 2. The number of carbonyl (C=O) groups excluding carboxylic acids is 2. The topological polar surface area (TPSA) is 98.4 Å². The molecule has 4 rings (SSSR count). The van der Waals surface area contributed by atoms with E-state index in [9.17, 15) is 9.59 Å². The van der Waals surface area contributed by atoms with Gasteiger partial charge < -0.3 is 34.5 Å². The Morgan fingerprint density at radius 3 is 2.43 bits per heavy atom. The largest absolute Gasteiger partial charge is 0.493 e. The lowest BCUT2D eigenvalue weighted by molar-refractivity contribution is -0.114. The first-order chi connectivity index (χ1) is 21.2. The molecule has 1 aliphatic rings. The van der Waals surface area contributed by atoms with Crippen LogP contribution in [0.25, 0.3) is 11.1 Å². The fourth-order valence-electron chi connectivity index (χ4n) is 5.43. The first kappa shape index (κ1) is 32.8. The molecule has 2 amide bonds. The average Bonchev–Trinajstić information content (AvgIpc) is 3.37. The highest BCUT2D eigenvalue weighted by Gasteiger charge is 2.35. The maximum absolute atomic E-state index is 13.4. The predicted molar refractivity (Wildman–Crippen MR) is 174 cm³/mol. The van der Waals surface area contributed by atoms with Crippen LogP contribution >= 0.6 is 0 Å². The Kier molecular flexibility index (Phi) is 11.6. The second-order valence-corrected chi connectivity index (χ2v) is 11.5. The number of ether oxygens (including phenoxy) is 4. The molecule has 1 saturated heterocycles. The van der Waals surface area contributed by atoms with Gasteiger partial charge in [0.2, 0.25) is 5.91 Å². The van der Waals surface area contributed by atoms with Gasteiger partial charge in [0.15, 0.2) is 11.5 Å². The molecule has 2 atom stereocenters. The molecule has 0 radical (unpaired) electrons. The lowest BCUT2D eigenvalue weighted by Gasteiger charge is -2.26. The smallest absolute Gasteiger partial charge is 0.253 e. The Morgan fingerprint density at radius 2 is 1.73 bits per heavy atom. The molecule has 0 aromatic heterocycles. The van der Waals surface area contributed by atoms with Crippen LogP contribution in [0.5, 0.6) is 11.5 Å². The van der Waals surface area contributed by atoms with E-state index in [0.717, 1.165) is 28.1 Å². The van der Waals surface area contributed by atoms with Crippen molar-refractivity contribution in [3.63, 3.8) is 0 Å². The summed E-state index contributed by atoms with van der Waals surface area (Å²) in [6.45, 7) is 10.3. The normalized spacial score (nSPS) is 16.2. The number of benzene rings is 3. The molecule has 0 saturated carbocycles. The standard InChI is InChI=1S/C35H45N3O6/c1-23(2)36-35(40)30-14-15-31(42-6)34(43-17-9-16-41-5)33(30)38-20-24(3)32(21-38)44-22-26-10-7-11-27(18-26)28-12-8-13-29(19-28)37-25(4)39/h7-8,10-15,18-19,23-24,32H,9,16-17,20-22H2,1-6H3,(H,36,40)(H,37,39)/t24-,32+/m0/s1. The number of rotatable bonds is 14. The Hall–Kier alpha value is -4.08. The van der Waals surface area contributed by atoms with Gasteiger partial charge in [-0.3, -0.25) is 9.59 Å². The van der Waals surface area contributed by atoms with E-state index >= 15 is 0 Å². The van der Waals surface area contributed by atoms with Crippen LogP contribution < -0.4 is 25.0 Å². The summed E-state index contributed by atoms with van der Waals surface area (Å²) in [4.78, 5) is 27.0. The van der Waals surface area contributed by atoms with Crippen molar-refractivity contribution in [3.8, 4) is 22.6 Å². The number of hydrogen-bond donors (Lipinski definition) is 2. The van der Waals surface area contributed by atoms with Gasteiger partial charge in [-0.1, -0.05) is 37.3 Å². The van der Waals surface area contributed by atoms with Crippen molar-refractivity contribution in [3.05, 3.63) is 71.8 Å². The molecule has 9 nitrogen and oxygen atoms in total. The summed E-state index contributed by atoms with van der Waals surface area (Å²) in [5, 5.41) is 5.88. The molecule has 0 spiro atoms. The minimum Gasteiger partial charge on any atom is -0.493 e. The molecule has 2 N–H and O–H groups in total. The van der Waals surface area contributed by atoms with Gasteiger partial charge in [-0.15, -0.1) is 0 Å². The first-order valence-electron chi connectivity index (χ1n) is 15.2. The number of nitrogens with zero attached hydrogens (tertiary/aromatic N) is 1. The second-order valence-electron chi connectivity index (χ2n) is 11.5. The molecule has 0 unspecified atom stereocenters. The molecular weight excluding hydrogens is 558 g/mol. The summed E-state index contributed by atoms with van der Waals surface area (Å²) in [6.07, 6.45) is 0.649. The number of nitrogens with one attached hydrogen (secondary N) is 2. The second kappa shape index (κ2) is 15.6. The molecule has 3 aromatic carbocycles. The maximum atomic E-state index is 13.4. The first-order valence-corrected chi connectivity index (χ1v) is 15.2. The van der Waals surface area contributed by atoms with Gasteiger partial charge in [0.1, 0.15) is 0 Å². The van der Waals surface area contributed by atoms with Crippen LogP contribution in [0.15, 0.2) is 60.7 Å². The molecule has 9 heteroatoms. The van der Waals surface area contributed by atoms with E-state index in [-0.39, 0.29) is 29.9 Å². The zero-order chi connectivity index (χ0) is 31.6. The molecular formula is C35H45N3O6. The molecule has 236 valence electrons. The molecule has 1 heterocycles. The Morgan fingerprint density at radius 1 is 0.977 bits per heavy atom. The highest BCUT2D eigenvalue weighted by molar-refractivity contribution is 6.02. The van der Waals surface area contributed by atoms with Crippen molar-refractivity contribution in [2.75, 3.05) is 50.7 Å². The van der Waals surface area contributed by atoms with Gasteiger partial charge in [-0.05, 0) is 60.9 Å². The van der Waals surface area contributed by atoms with Crippen LogP contribution in [-0.2, 0) is 20.9 Å². The number of amides is 2. The van der Waals surface area contributed by atoms with E-state index in [1.165, 1.54) is 6.92 Å². The van der Waals surface area contributed by atoms with Crippen molar-refractivity contribution in [2.45, 2.75) is 52.9 Å². The minimum atomic E-state index is -0.157. The lowest BCUT2D eigenvalue weighted by atomic mass is 10.0. The van der Waals surface area contributed by atoms with Crippen molar-refractivity contribution in [2.24, 2.45) is 5.92 Å². The van der Waals surface area contributed by atoms with Gasteiger partial charge >= 0.3 is 0 Å². The summed E-state index contributed by atoms with van der Waals surface area (Å²) in [5.41, 5.74) is 5.15.